The van der Waals surface area contributed by atoms with Crippen molar-refractivity contribution in [3.8, 4) is 11.6 Å². The van der Waals surface area contributed by atoms with Crippen molar-refractivity contribution in [2.45, 2.75) is 32.1 Å². The summed E-state index contributed by atoms with van der Waals surface area (Å²) in [6, 6.07) is 18.3. The third kappa shape index (κ3) is 5.09. The summed E-state index contributed by atoms with van der Waals surface area (Å²) in [5, 5.41) is 2.66. The summed E-state index contributed by atoms with van der Waals surface area (Å²) in [5.41, 5.74) is 3.06. The van der Waals surface area contributed by atoms with Crippen LogP contribution in [0.2, 0.25) is 0 Å². The molecule has 1 amide bonds. The van der Waals surface area contributed by atoms with Crippen LogP contribution in [0.4, 0.5) is 0 Å². The molecule has 0 saturated carbocycles. The van der Waals surface area contributed by atoms with Crippen LogP contribution in [-0.4, -0.2) is 33.7 Å². The van der Waals surface area contributed by atoms with E-state index in [0.29, 0.717) is 35.9 Å². The number of rotatable bonds is 9. The number of aromatic nitrogens is 3. The van der Waals surface area contributed by atoms with Gasteiger partial charge in [0.15, 0.2) is 5.82 Å². The van der Waals surface area contributed by atoms with Gasteiger partial charge in [-0.15, -0.1) is 0 Å². The maximum absolute atomic E-state index is 12.8. The minimum atomic E-state index is -0.184. The second-order valence-corrected chi connectivity index (χ2v) is 7.77. The van der Waals surface area contributed by atoms with Gasteiger partial charge in [0.05, 0.1) is 11.0 Å². The number of benzene rings is 2. The highest BCUT2D eigenvalue weighted by Crippen LogP contribution is 2.33. The first-order chi connectivity index (χ1) is 16.1. The quantitative estimate of drug-likeness (QED) is 0.356. The van der Waals surface area contributed by atoms with Gasteiger partial charge in [-0.05, 0) is 61.2 Å². The fourth-order valence-corrected chi connectivity index (χ4v) is 3.79. The Morgan fingerprint density at radius 2 is 1.85 bits per heavy atom. The van der Waals surface area contributed by atoms with E-state index in [1.807, 2.05) is 36.4 Å². The molecule has 2 N–H and O–H groups in total. The number of nitrogens with zero attached hydrogens (tertiary/aromatic N) is 2. The minimum Gasteiger partial charge on any atom is -0.439 e. The van der Waals surface area contributed by atoms with Crippen LogP contribution in [0, 0.1) is 0 Å². The zero-order valence-corrected chi connectivity index (χ0v) is 18.7. The average molecular weight is 443 g/mol. The molecule has 2 aromatic heterocycles. The normalized spacial score (nSPS) is 11.8. The smallest absolute Gasteiger partial charge is 0.228 e. The van der Waals surface area contributed by atoms with Crippen molar-refractivity contribution in [2.75, 3.05) is 7.05 Å². The molecule has 1 atom stereocenters. The monoisotopic (exact) mass is 442 g/mol. The van der Waals surface area contributed by atoms with Gasteiger partial charge in [-0.3, -0.25) is 9.59 Å². The Bertz CT molecular complexity index is 1230. The number of ketones is 1. The lowest BCUT2D eigenvalue weighted by molar-refractivity contribution is -0.120. The first kappa shape index (κ1) is 22.2. The molecule has 0 bridgehead atoms. The Morgan fingerprint density at radius 1 is 1.06 bits per heavy atom. The van der Waals surface area contributed by atoms with E-state index in [2.05, 4.69) is 27.2 Å². The summed E-state index contributed by atoms with van der Waals surface area (Å²) in [5.74, 6) is 1.38. The topological polar surface area (TPSA) is 97.0 Å². The van der Waals surface area contributed by atoms with Crippen molar-refractivity contribution >= 4 is 22.7 Å². The molecule has 2 aromatic carbocycles. The first-order valence-electron chi connectivity index (χ1n) is 11.0. The van der Waals surface area contributed by atoms with E-state index in [-0.39, 0.29) is 17.6 Å². The van der Waals surface area contributed by atoms with E-state index < -0.39 is 0 Å². The third-order valence-corrected chi connectivity index (χ3v) is 5.67. The van der Waals surface area contributed by atoms with Crippen LogP contribution in [0.25, 0.3) is 11.0 Å². The molecular weight excluding hydrogens is 416 g/mol. The number of nitrogens with one attached hydrogen (secondary N) is 2. The van der Waals surface area contributed by atoms with Crippen LogP contribution in [0.5, 0.6) is 11.6 Å². The van der Waals surface area contributed by atoms with E-state index in [4.69, 9.17) is 4.74 Å². The molecule has 2 heterocycles. The number of carbonyl (C=O) groups is 2. The number of imidazole rings is 1. The molecule has 4 aromatic rings. The Kier molecular flexibility index (Phi) is 6.78. The zero-order valence-electron chi connectivity index (χ0n) is 18.7. The van der Waals surface area contributed by atoms with Gasteiger partial charge in [0.1, 0.15) is 5.75 Å². The summed E-state index contributed by atoms with van der Waals surface area (Å²) >= 11 is 0. The van der Waals surface area contributed by atoms with Gasteiger partial charge in [0.2, 0.25) is 17.6 Å². The number of fused-ring (bicyclic) bond motifs is 1. The predicted octanol–water partition coefficient (Wildman–Crippen LogP) is 5.00. The van der Waals surface area contributed by atoms with E-state index in [1.54, 1.807) is 37.5 Å². The number of ether oxygens (including phenoxy) is 1. The standard InChI is InChI=1S/C26H26N4O3/c1-3-17(12-15-23(31)27-2)20-7-6-16-28-26(20)33-19-13-10-18(11-14-19)24(32)25-29-21-8-4-5-9-22(21)30-25/h4-11,13-14,16-17H,3,12,15H2,1-2H3,(H,27,31)(H,29,30). The predicted molar refractivity (Wildman–Crippen MR) is 127 cm³/mol. The van der Waals surface area contributed by atoms with Crippen LogP contribution >= 0.6 is 0 Å². The van der Waals surface area contributed by atoms with Crippen LogP contribution in [0.3, 0.4) is 0 Å². The molecule has 7 nitrogen and oxygen atoms in total. The molecule has 0 spiro atoms. The van der Waals surface area contributed by atoms with Crippen LogP contribution in [0.1, 0.15) is 53.8 Å². The third-order valence-electron chi connectivity index (χ3n) is 5.67. The Balaban J connectivity index is 1.50. The van der Waals surface area contributed by atoms with Gasteiger partial charge in [-0.25, -0.2) is 9.97 Å². The number of para-hydroxylation sites is 2. The van der Waals surface area contributed by atoms with Gasteiger partial charge in [0.25, 0.3) is 0 Å². The fraction of sp³-hybridized carbons (Fsp3) is 0.231. The lowest BCUT2D eigenvalue weighted by atomic mass is 9.92. The second-order valence-electron chi connectivity index (χ2n) is 7.77. The molecular formula is C26H26N4O3. The SMILES string of the molecule is CCC(CCC(=O)NC)c1cccnc1Oc1ccc(C(=O)c2nc3ccccc3[nH]2)cc1. The summed E-state index contributed by atoms with van der Waals surface area (Å²) in [6.45, 7) is 2.09. The molecule has 0 saturated heterocycles. The van der Waals surface area contributed by atoms with E-state index >= 15 is 0 Å². The highest BCUT2D eigenvalue weighted by Gasteiger charge is 2.18. The maximum atomic E-state index is 12.8. The van der Waals surface area contributed by atoms with Crippen LogP contribution in [-0.2, 0) is 4.79 Å². The lowest BCUT2D eigenvalue weighted by Crippen LogP contribution is -2.18. The number of carbonyl (C=O) groups excluding carboxylic acids is 2. The Hall–Kier alpha value is -4.00. The first-order valence-corrected chi connectivity index (χ1v) is 11.0. The zero-order chi connectivity index (χ0) is 23.2. The molecule has 4 rings (SSSR count). The molecule has 0 aliphatic rings. The molecule has 7 heteroatoms. The van der Waals surface area contributed by atoms with Gasteiger partial charge in [0, 0.05) is 30.8 Å². The number of hydrogen-bond acceptors (Lipinski definition) is 5. The van der Waals surface area contributed by atoms with Crippen molar-refractivity contribution in [1.82, 2.24) is 20.3 Å². The summed E-state index contributed by atoms with van der Waals surface area (Å²) < 4.78 is 6.07. The van der Waals surface area contributed by atoms with Gasteiger partial charge >= 0.3 is 0 Å². The molecule has 0 radical (unpaired) electrons. The van der Waals surface area contributed by atoms with Gasteiger partial charge < -0.3 is 15.0 Å². The maximum Gasteiger partial charge on any atom is 0.228 e. The highest BCUT2D eigenvalue weighted by atomic mass is 16.5. The molecule has 1 unspecified atom stereocenters. The molecule has 0 aliphatic heterocycles. The van der Waals surface area contributed by atoms with Crippen molar-refractivity contribution in [2.24, 2.45) is 0 Å². The Morgan fingerprint density at radius 3 is 2.58 bits per heavy atom. The average Bonchev–Trinajstić information content (AvgIpc) is 3.29. The number of hydrogen-bond donors (Lipinski definition) is 2. The number of pyridine rings is 1. The summed E-state index contributed by atoms with van der Waals surface area (Å²) in [4.78, 5) is 36.4. The van der Waals surface area contributed by atoms with Crippen LogP contribution in [0.15, 0.2) is 66.9 Å². The Labute approximate surface area is 192 Å². The number of aromatic amines is 1. The van der Waals surface area contributed by atoms with Crippen molar-refractivity contribution in [3.05, 3.63) is 83.8 Å². The molecule has 0 fully saturated rings. The van der Waals surface area contributed by atoms with Gasteiger partial charge in [-0.1, -0.05) is 25.1 Å². The molecule has 33 heavy (non-hydrogen) atoms. The van der Waals surface area contributed by atoms with Crippen molar-refractivity contribution in [3.63, 3.8) is 0 Å². The lowest BCUT2D eigenvalue weighted by Gasteiger charge is -2.18. The van der Waals surface area contributed by atoms with Crippen LogP contribution < -0.4 is 10.1 Å². The second kappa shape index (κ2) is 10.1. The highest BCUT2D eigenvalue weighted by molar-refractivity contribution is 6.08. The van der Waals surface area contributed by atoms with E-state index in [1.165, 1.54) is 0 Å². The van der Waals surface area contributed by atoms with Crippen molar-refractivity contribution < 1.29 is 14.3 Å². The number of H-pyrrole nitrogens is 1. The van der Waals surface area contributed by atoms with E-state index in [0.717, 1.165) is 23.0 Å². The van der Waals surface area contributed by atoms with Gasteiger partial charge in [-0.2, -0.15) is 0 Å². The number of amides is 1. The molecule has 0 aliphatic carbocycles. The van der Waals surface area contributed by atoms with Crippen molar-refractivity contribution in [1.29, 1.82) is 0 Å². The minimum absolute atomic E-state index is 0.0181. The molecule has 168 valence electrons. The largest absolute Gasteiger partial charge is 0.439 e. The van der Waals surface area contributed by atoms with E-state index in [9.17, 15) is 9.59 Å². The summed E-state index contributed by atoms with van der Waals surface area (Å²) in [7, 11) is 1.64. The summed E-state index contributed by atoms with van der Waals surface area (Å²) in [6.07, 6.45) is 3.71. The fourth-order valence-electron chi connectivity index (χ4n) is 3.79.